The smallest absolute Gasteiger partial charge is 0.387 e. The average Bonchev–Trinajstić information content (AvgIpc) is 2.87. The van der Waals surface area contributed by atoms with Gasteiger partial charge in [0.2, 0.25) is 0 Å². The molecule has 0 saturated heterocycles. The third kappa shape index (κ3) is 3.63. The number of aromatic amines is 1. The average molecular weight is 344 g/mol. The first-order valence-corrected chi connectivity index (χ1v) is 7.85. The summed E-state index contributed by atoms with van der Waals surface area (Å²) in [6.45, 7) is 1.17. The van der Waals surface area contributed by atoms with Crippen molar-refractivity contribution in [3.8, 4) is 5.75 Å². The zero-order valence-electron chi connectivity index (χ0n) is 13.9. The number of halogens is 2. The maximum Gasteiger partial charge on any atom is 0.387 e. The molecule has 0 radical (unpaired) electrons. The second-order valence-electron chi connectivity index (χ2n) is 5.80. The number of fused-ring (bicyclic) bond motifs is 1. The molecule has 2 aromatic carbocycles. The van der Waals surface area contributed by atoms with Crippen LogP contribution in [0.25, 0.3) is 10.9 Å². The summed E-state index contributed by atoms with van der Waals surface area (Å²) < 4.78 is 29.4. The van der Waals surface area contributed by atoms with E-state index < -0.39 is 6.61 Å². The number of carbonyl (C=O) groups excluding carboxylic acids is 1. The lowest BCUT2D eigenvalue weighted by Gasteiger charge is -2.11. The highest BCUT2D eigenvalue weighted by molar-refractivity contribution is 5.99. The first kappa shape index (κ1) is 17.0. The molecule has 3 rings (SSSR count). The predicted molar refractivity (Wildman–Crippen MR) is 92.0 cm³/mol. The number of carbonyl (C=O) groups is 1. The molecule has 0 atom stereocenters. The van der Waals surface area contributed by atoms with Crippen LogP contribution >= 0.6 is 0 Å². The molecule has 25 heavy (non-hydrogen) atoms. The van der Waals surface area contributed by atoms with Crippen molar-refractivity contribution in [2.75, 3.05) is 0 Å². The Morgan fingerprint density at radius 1 is 1.20 bits per heavy atom. The van der Waals surface area contributed by atoms with Crippen LogP contribution in [-0.4, -0.2) is 17.5 Å². The molecule has 0 spiro atoms. The summed E-state index contributed by atoms with van der Waals surface area (Å²) in [6.07, 6.45) is 0. The zero-order valence-corrected chi connectivity index (χ0v) is 13.9. The summed E-state index contributed by atoms with van der Waals surface area (Å²) in [4.78, 5) is 15.7. The number of nitrogens with one attached hydrogen (secondary N) is 2. The summed E-state index contributed by atoms with van der Waals surface area (Å²) in [5, 5.41) is 3.74. The Balaban J connectivity index is 1.76. The van der Waals surface area contributed by atoms with Crippen molar-refractivity contribution >= 4 is 16.8 Å². The van der Waals surface area contributed by atoms with Crippen LogP contribution in [0.15, 0.2) is 42.5 Å². The van der Waals surface area contributed by atoms with E-state index in [0.29, 0.717) is 11.1 Å². The molecule has 3 aromatic rings. The molecule has 4 nitrogen and oxygen atoms in total. The van der Waals surface area contributed by atoms with Crippen molar-refractivity contribution in [3.05, 3.63) is 64.8 Å². The summed E-state index contributed by atoms with van der Waals surface area (Å²) in [5.74, 6) is -0.211. The van der Waals surface area contributed by atoms with Gasteiger partial charge in [-0.2, -0.15) is 8.78 Å². The van der Waals surface area contributed by atoms with Gasteiger partial charge >= 0.3 is 6.61 Å². The van der Waals surface area contributed by atoms with E-state index >= 15 is 0 Å². The minimum absolute atomic E-state index is 0.0605. The van der Waals surface area contributed by atoms with Crippen LogP contribution in [0.4, 0.5) is 8.78 Å². The molecule has 0 aliphatic carbocycles. The molecule has 0 unspecified atom stereocenters. The van der Waals surface area contributed by atoms with E-state index in [4.69, 9.17) is 0 Å². The van der Waals surface area contributed by atoms with Gasteiger partial charge in [-0.05, 0) is 43.7 Å². The monoisotopic (exact) mass is 344 g/mol. The molecular weight excluding hydrogens is 326 g/mol. The normalized spacial score (nSPS) is 11.1. The molecule has 1 aromatic heterocycles. The fourth-order valence-corrected chi connectivity index (χ4v) is 2.74. The van der Waals surface area contributed by atoms with Crippen molar-refractivity contribution in [1.29, 1.82) is 0 Å². The minimum Gasteiger partial charge on any atom is -0.434 e. The second-order valence-corrected chi connectivity index (χ2v) is 5.80. The summed E-state index contributed by atoms with van der Waals surface area (Å²) in [6, 6.07) is 11.8. The molecule has 0 aliphatic rings. The van der Waals surface area contributed by atoms with Crippen LogP contribution in [-0.2, 0) is 6.54 Å². The number of hydrogen-bond acceptors (Lipinski definition) is 2. The van der Waals surface area contributed by atoms with Gasteiger partial charge in [0.15, 0.2) is 0 Å². The van der Waals surface area contributed by atoms with Crippen LogP contribution < -0.4 is 10.1 Å². The van der Waals surface area contributed by atoms with Gasteiger partial charge in [0, 0.05) is 34.3 Å². The van der Waals surface area contributed by atoms with Gasteiger partial charge in [0.1, 0.15) is 5.75 Å². The number of aryl methyl sites for hydroxylation is 2. The molecule has 0 aliphatic heterocycles. The highest BCUT2D eigenvalue weighted by atomic mass is 19.3. The van der Waals surface area contributed by atoms with E-state index in [1.807, 2.05) is 26.0 Å². The number of hydrogen-bond donors (Lipinski definition) is 2. The highest BCUT2D eigenvalue weighted by Gasteiger charge is 2.12. The number of ether oxygens (including phenoxy) is 1. The second kappa shape index (κ2) is 6.93. The Morgan fingerprint density at radius 2 is 1.96 bits per heavy atom. The van der Waals surface area contributed by atoms with E-state index in [1.54, 1.807) is 24.3 Å². The Bertz CT molecular complexity index is 919. The van der Waals surface area contributed by atoms with Gasteiger partial charge in [-0.1, -0.05) is 18.2 Å². The Hall–Kier alpha value is -2.89. The van der Waals surface area contributed by atoms with Crippen LogP contribution in [0, 0.1) is 13.8 Å². The quantitative estimate of drug-likeness (QED) is 0.724. The number of aromatic nitrogens is 1. The van der Waals surface area contributed by atoms with E-state index in [1.165, 1.54) is 6.07 Å². The first-order chi connectivity index (χ1) is 12.0. The van der Waals surface area contributed by atoms with E-state index in [0.717, 1.165) is 22.2 Å². The Labute approximate surface area is 143 Å². The third-order valence-corrected chi connectivity index (χ3v) is 4.20. The van der Waals surface area contributed by atoms with Crippen molar-refractivity contribution in [2.45, 2.75) is 27.0 Å². The number of para-hydroxylation sites is 1. The highest BCUT2D eigenvalue weighted by Crippen LogP contribution is 2.23. The topological polar surface area (TPSA) is 54.1 Å². The lowest BCUT2D eigenvalue weighted by Crippen LogP contribution is -2.23. The molecule has 0 saturated carbocycles. The number of alkyl halides is 2. The van der Waals surface area contributed by atoms with E-state index in [-0.39, 0.29) is 18.2 Å². The third-order valence-electron chi connectivity index (χ3n) is 4.20. The van der Waals surface area contributed by atoms with Gasteiger partial charge in [-0.3, -0.25) is 4.79 Å². The molecule has 1 amide bonds. The predicted octanol–water partition coefficient (Wildman–Crippen LogP) is 4.32. The van der Waals surface area contributed by atoms with Gasteiger partial charge in [0.05, 0.1) is 0 Å². The largest absolute Gasteiger partial charge is 0.434 e. The number of H-pyrrole nitrogens is 1. The number of benzene rings is 2. The lowest BCUT2D eigenvalue weighted by molar-refractivity contribution is -0.0504. The van der Waals surface area contributed by atoms with Gasteiger partial charge in [0.25, 0.3) is 5.91 Å². The SMILES string of the molecule is Cc1[nH]c2ccc(C(=O)NCc3ccccc3OC(F)F)cc2c1C. The Kier molecular flexibility index (Phi) is 4.70. The molecule has 130 valence electrons. The van der Waals surface area contributed by atoms with E-state index in [9.17, 15) is 13.6 Å². The molecule has 0 fully saturated rings. The van der Waals surface area contributed by atoms with Crippen molar-refractivity contribution in [3.63, 3.8) is 0 Å². The molecule has 0 bridgehead atoms. The number of amides is 1. The van der Waals surface area contributed by atoms with Crippen LogP contribution in [0.1, 0.15) is 27.2 Å². The van der Waals surface area contributed by atoms with Crippen LogP contribution in [0.5, 0.6) is 5.75 Å². The van der Waals surface area contributed by atoms with Crippen LogP contribution in [0.3, 0.4) is 0 Å². The molecule has 1 heterocycles. The molecule has 6 heteroatoms. The minimum atomic E-state index is -2.90. The maximum absolute atomic E-state index is 12.4. The van der Waals surface area contributed by atoms with Crippen molar-refractivity contribution in [1.82, 2.24) is 10.3 Å². The summed E-state index contributed by atoms with van der Waals surface area (Å²) >= 11 is 0. The van der Waals surface area contributed by atoms with Crippen LogP contribution in [0.2, 0.25) is 0 Å². The zero-order chi connectivity index (χ0) is 18.0. The standard InChI is InChI=1S/C19H18F2N2O2/c1-11-12(2)23-16-8-7-13(9-15(11)16)18(24)22-10-14-5-3-4-6-17(14)25-19(20)21/h3-9,19,23H,10H2,1-2H3,(H,22,24). The lowest BCUT2D eigenvalue weighted by atomic mass is 10.1. The molecule has 2 N–H and O–H groups in total. The Morgan fingerprint density at radius 3 is 2.72 bits per heavy atom. The van der Waals surface area contributed by atoms with Gasteiger partial charge in [-0.25, -0.2) is 0 Å². The van der Waals surface area contributed by atoms with Gasteiger partial charge < -0.3 is 15.0 Å². The van der Waals surface area contributed by atoms with Gasteiger partial charge in [-0.15, -0.1) is 0 Å². The van der Waals surface area contributed by atoms with Crippen molar-refractivity contribution in [2.24, 2.45) is 0 Å². The summed E-state index contributed by atoms with van der Waals surface area (Å²) in [5.41, 5.74) is 4.14. The van der Waals surface area contributed by atoms with Crippen molar-refractivity contribution < 1.29 is 18.3 Å². The maximum atomic E-state index is 12.4. The van der Waals surface area contributed by atoms with E-state index in [2.05, 4.69) is 15.0 Å². The fraction of sp³-hybridized carbons (Fsp3) is 0.211. The fourth-order valence-electron chi connectivity index (χ4n) is 2.74. The number of rotatable bonds is 5. The first-order valence-electron chi connectivity index (χ1n) is 7.85. The summed E-state index contributed by atoms with van der Waals surface area (Å²) in [7, 11) is 0. The molecular formula is C19H18F2N2O2.